The van der Waals surface area contributed by atoms with Gasteiger partial charge in [-0.05, 0) is 51.3 Å². The molecular formula is C23H31N7O4S. The Morgan fingerprint density at radius 1 is 1.11 bits per heavy atom. The molecule has 2 saturated heterocycles. The van der Waals surface area contributed by atoms with Crippen LogP contribution < -0.4 is 14.8 Å². The average molecular weight is 502 g/mol. The summed E-state index contributed by atoms with van der Waals surface area (Å²) in [5.41, 5.74) is 0.673. The van der Waals surface area contributed by atoms with Gasteiger partial charge in [0.05, 0.1) is 30.7 Å². The minimum Gasteiger partial charge on any atom is -0.493 e. The fraction of sp³-hybridized carbons (Fsp3) is 0.565. The van der Waals surface area contributed by atoms with Gasteiger partial charge in [-0.15, -0.1) is 0 Å². The zero-order chi connectivity index (χ0) is 24.3. The van der Waals surface area contributed by atoms with Crippen LogP contribution >= 0.6 is 0 Å². The first-order valence-electron chi connectivity index (χ1n) is 12.1. The summed E-state index contributed by atoms with van der Waals surface area (Å²) < 4.78 is 37.0. The Morgan fingerprint density at radius 2 is 1.91 bits per heavy atom. The topological polar surface area (TPSA) is 124 Å². The zero-order valence-electron chi connectivity index (χ0n) is 19.9. The summed E-state index contributed by atoms with van der Waals surface area (Å²) in [4.78, 5) is 15.8. The Balaban J connectivity index is 1.42. The van der Waals surface area contributed by atoms with Gasteiger partial charge in [-0.25, -0.2) is 18.4 Å². The number of fused-ring (bicyclic) bond motifs is 1. The molecule has 1 aromatic carbocycles. The van der Waals surface area contributed by atoms with Crippen LogP contribution in [0.3, 0.4) is 0 Å². The molecule has 35 heavy (non-hydrogen) atoms. The highest BCUT2D eigenvalue weighted by Gasteiger charge is 2.25. The van der Waals surface area contributed by atoms with Crippen molar-refractivity contribution < 1.29 is 17.9 Å². The molecule has 0 spiro atoms. The highest BCUT2D eigenvalue weighted by molar-refractivity contribution is 7.91. The van der Waals surface area contributed by atoms with E-state index < -0.39 is 9.84 Å². The number of rotatable bonds is 9. The van der Waals surface area contributed by atoms with Crippen molar-refractivity contribution in [2.75, 3.05) is 50.2 Å². The quantitative estimate of drug-likeness (QED) is 0.436. The van der Waals surface area contributed by atoms with Crippen LogP contribution in [0.2, 0.25) is 0 Å². The third kappa shape index (κ3) is 5.64. The van der Waals surface area contributed by atoms with Crippen LogP contribution in [0.5, 0.6) is 11.5 Å². The minimum absolute atomic E-state index is 0.00673. The summed E-state index contributed by atoms with van der Waals surface area (Å²) in [5, 5.41) is 8.37. The molecule has 0 atom stereocenters. The summed E-state index contributed by atoms with van der Waals surface area (Å²) in [6.45, 7) is 3.95. The third-order valence-electron chi connectivity index (χ3n) is 6.56. The molecule has 4 heterocycles. The second kappa shape index (κ2) is 10.3. The monoisotopic (exact) mass is 501 g/mol. The first-order valence-corrected chi connectivity index (χ1v) is 13.9. The maximum absolute atomic E-state index is 11.9. The van der Waals surface area contributed by atoms with Crippen molar-refractivity contribution in [3.63, 3.8) is 0 Å². The predicted octanol–water partition coefficient (Wildman–Crippen LogP) is 2.07. The molecule has 0 radical (unpaired) electrons. The van der Waals surface area contributed by atoms with E-state index in [1.165, 1.54) is 43.3 Å². The van der Waals surface area contributed by atoms with Crippen LogP contribution in [0.25, 0.3) is 16.9 Å². The van der Waals surface area contributed by atoms with Gasteiger partial charge in [-0.2, -0.15) is 14.8 Å². The summed E-state index contributed by atoms with van der Waals surface area (Å²) in [6, 6.07) is 3.73. The molecule has 3 aromatic rings. The van der Waals surface area contributed by atoms with Crippen molar-refractivity contribution in [2.45, 2.75) is 38.1 Å². The van der Waals surface area contributed by atoms with E-state index in [9.17, 15) is 8.42 Å². The standard InChI is InChI=1S/C23H31N7O4S/c1-33-20-13-18-19(14-21(20)34-10-4-9-29-7-2-3-8-29)27-23(30-16-24-15-25-30)28-22(18)26-17-5-11-35(31,32)12-6-17/h13-17H,2-12H2,1H3,(H,26,27,28). The summed E-state index contributed by atoms with van der Waals surface area (Å²) in [6.07, 6.45) is 7.52. The molecule has 12 heteroatoms. The van der Waals surface area contributed by atoms with E-state index in [-0.39, 0.29) is 17.5 Å². The van der Waals surface area contributed by atoms with Gasteiger partial charge >= 0.3 is 0 Å². The number of hydrogen-bond donors (Lipinski definition) is 1. The van der Waals surface area contributed by atoms with Crippen molar-refractivity contribution in [1.82, 2.24) is 29.6 Å². The van der Waals surface area contributed by atoms with Crippen molar-refractivity contribution in [1.29, 1.82) is 0 Å². The lowest BCUT2D eigenvalue weighted by atomic mass is 10.1. The Labute approximate surface area is 204 Å². The molecule has 1 N–H and O–H groups in total. The van der Waals surface area contributed by atoms with Gasteiger partial charge in [0.1, 0.15) is 28.3 Å². The van der Waals surface area contributed by atoms with Crippen molar-refractivity contribution >= 4 is 26.6 Å². The third-order valence-corrected chi connectivity index (χ3v) is 8.28. The molecule has 0 bridgehead atoms. The van der Waals surface area contributed by atoms with Gasteiger partial charge in [-0.3, -0.25) is 0 Å². The van der Waals surface area contributed by atoms with Crippen molar-refractivity contribution in [3.8, 4) is 17.4 Å². The first kappa shape index (κ1) is 23.7. The maximum atomic E-state index is 11.9. The lowest BCUT2D eigenvalue weighted by Gasteiger charge is -2.24. The number of methoxy groups -OCH3 is 1. The number of likely N-dealkylation sites (tertiary alicyclic amines) is 1. The minimum atomic E-state index is -2.96. The van der Waals surface area contributed by atoms with Crippen molar-refractivity contribution in [2.24, 2.45) is 0 Å². The lowest BCUT2D eigenvalue weighted by Crippen LogP contribution is -2.32. The molecule has 11 nitrogen and oxygen atoms in total. The second-order valence-corrected chi connectivity index (χ2v) is 11.4. The van der Waals surface area contributed by atoms with Crippen LogP contribution in [0.15, 0.2) is 24.8 Å². The molecule has 2 aliphatic rings. The number of nitrogens with one attached hydrogen (secondary N) is 1. The number of hydrogen-bond acceptors (Lipinski definition) is 10. The fourth-order valence-corrected chi connectivity index (χ4v) is 6.12. The Morgan fingerprint density at radius 3 is 2.63 bits per heavy atom. The van der Waals surface area contributed by atoms with Gasteiger partial charge in [0.15, 0.2) is 11.5 Å². The average Bonchev–Trinajstić information content (AvgIpc) is 3.57. The van der Waals surface area contributed by atoms with E-state index in [4.69, 9.17) is 14.5 Å². The van der Waals surface area contributed by atoms with Crippen molar-refractivity contribution in [3.05, 3.63) is 24.8 Å². The Bertz CT molecular complexity index is 1250. The SMILES string of the molecule is COc1cc2c(NC3CCS(=O)(=O)CC3)nc(-n3cncn3)nc2cc1OCCCN1CCCC1. The number of ether oxygens (including phenoxy) is 2. The van der Waals surface area contributed by atoms with Crippen LogP contribution in [0.4, 0.5) is 5.82 Å². The molecule has 0 saturated carbocycles. The highest BCUT2D eigenvalue weighted by Crippen LogP contribution is 2.35. The highest BCUT2D eigenvalue weighted by atomic mass is 32.2. The van der Waals surface area contributed by atoms with Crippen LogP contribution in [-0.4, -0.2) is 88.9 Å². The molecule has 2 aromatic heterocycles. The molecule has 0 unspecified atom stereocenters. The lowest BCUT2D eigenvalue weighted by molar-refractivity contribution is 0.254. The maximum Gasteiger partial charge on any atom is 0.254 e. The predicted molar refractivity (Wildman–Crippen MR) is 132 cm³/mol. The normalized spacial score (nSPS) is 18.7. The van der Waals surface area contributed by atoms with Gasteiger partial charge in [-0.1, -0.05) is 0 Å². The van der Waals surface area contributed by atoms with Gasteiger partial charge in [0.25, 0.3) is 5.95 Å². The largest absolute Gasteiger partial charge is 0.493 e. The molecule has 0 aliphatic carbocycles. The Hall–Kier alpha value is -2.99. The number of sulfone groups is 1. The van der Waals surface area contributed by atoms with E-state index in [0.717, 1.165) is 18.4 Å². The number of nitrogens with zero attached hydrogens (tertiary/aromatic N) is 6. The van der Waals surface area contributed by atoms with E-state index in [1.807, 2.05) is 12.1 Å². The summed E-state index contributed by atoms with van der Waals surface area (Å²) in [5.74, 6) is 2.53. The van der Waals surface area contributed by atoms with E-state index >= 15 is 0 Å². The van der Waals surface area contributed by atoms with Gasteiger partial charge in [0, 0.05) is 24.0 Å². The number of anilines is 1. The molecule has 2 aliphatic heterocycles. The molecule has 5 rings (SSSR count). The smallest absolute Gasteiger partial charge is 0.254 e. The summed E-state index contributed by atoms with van der Waals surface area (Å²) >= 11 is 0. The molecule has 2 fully saturated rings. The molecular weight excluding hydrogens is 470 g/mol. The Kier molecular flexibility index (Phi) is 7.00. The van der Waals surface area contributed by atoms with Crippen LogP contribution in [-0.2, 0) is 9.84 Å². The molecule has 0 amide bonds. The fourth-order valence-electron chi connectivity index (χ4n) is 4.62. The summed E-state index contributed by atoms with van der Waals surface area (Å²) in [7, 11) is -1.35. The van der Waals surface area contributed by atoms with Crippen LogP contribution in [0.1, 0.15) is 32.1 Å². The number of aromatic nitrogens is 5. The molecule has 188 valence electrons. The second-order valence-electron chi connectivity index (χ2n) is 9.05. The van der Waals surface area contributed by atoms with Gasteiger partial charge < -0.3 is 19.7 Å². The zero-order valence-corrected chi connectivity index (χ0v) is 20.7. The van der Waals surface area contributed by atoms with E-state index in [0.29, 0.717) is 48.2 Å². The first-order chi connectivity index (χ1) is 17.0. The van der Waals surface area contributed by atoms with E-state index in [1.54, 1.807) is 7.11 Å². The van der Waals surface area contributed by atoms with Gasteiger partial charge in [0.2, 0.25) is 0 Å². The number of benzene rings is 1. The van der Waals surface area contributed by atoms with E-state index in [2.05, 4.69) is 25.3 Å². The van der Waals surface area contributed by atoms with Crippen LogP contribution in [0, 0.1) is 0 Å².